The lowest BCUT2D eigenvalue weighted by Crippen LogP contribution is -2.50. The quantitative estimate of drug-likeness (QED) is 0.582. The van der Waals surface area contributed by atoms with Crippen molar-refractivity contribution in [1.29, 1.82) is 0 Å². The van der Waals surface area contributed by atoms with Crippen molar-refractivity contribution in [2.75, 3.05) is 19.7 Å². The van der Waals surface area contributed by atoms with Gasteiger partial charge in [-0.15, -0.1) is 11.3 Å². The normalized spacial score (nSPS) is 22.9. The molecule has 2 fully saturated rings. The second kappa shape index (κ2) is 8.60. The van der Waals surface area contributed by atoms with Gasteiger partial charge in [0.15, 0.2) is 0 Å². The van der Waals surface area contributed by atoms with Crippen LogP contribution in [0.4, 0.5) is 4.39 Å². The number of hydrogen-bond donors (Lipinski definition) is 0. The summed E-state index contributed by atoms with van der Waals surface area (Å²) in [6.07, 6.45) is 3.90. The van der Waals surface area contributed by atoms with E-state index in [1.807, 2.05) is 24.0 Å². The first-order valence-electron chi connectivity index (χ1n) is 10.7. The summed E-state index contributed by atoms with van der Waals surface area (Å²) in [7, 11) is 0. The van der Waals surface area contributed by atoms with Crippen LogP contribution < -0.4 is 4.74 Å². The number of pyridine rings is 1. The Labute approximate surface area is 190 Å². The highest BCUT2D eigenvalue weighted by Gasteiger charge is 2.45. The van der Waals surface area contributed by atoms with Gasteiger partial charge in [-0.2, -0.15) is 0 Å². The third kappa shape index (κ3) is 4.25. The molecule has 0 bridgehead atoms. The molecule has 1 amide bonds. The molecule has 32 heavy (non-hydrogen) atoms. The molecule has 0 unspecified atom stereocenters. The number of halogens is 1. The maximum absolute atomic E-state index is 13.5. The van der Waals surface area contributed by atoms with Gasteiger partial charge in [-0.3, -0.25) is 9.78 Å². The van der Waals surface area contributed by atoms with Crippen molar-refractivity contribution in [2.45, 2.75) is 37.9 Å². The number of carbonyl (C=O) groups is 1. The molecule has 2 atom stereocenters. The van der Waals surface area contributed by atoms with E-state index >= 15 is 0 Å². The average molecular weight is 454 g/mol. The van der Waals surface area contributed by atoms with E-state index in [4.69, 9.17) is 9.47 Å². The Balaban J connectivity index is 1.25. The third-order valence-corrected chi connectivity index (χ3v) is 7.04. The number of likely N-dealkylation sites (tertiary alicyclic amines) is 1. The van der Waals surface area contributed by atoms with E-state index in [0.29, 0.717) is 37.4 Å². The van der Waals surface area contributed by atoms with Gasteiger partial charge in [-0.05, 0) is 44.0 Å². The molecule has 2 aromatic heterocycles. The number of amides is 1. The van der Waals surface area contributed by atoms with Crippen LogP contribution in [0.2, 0.25) is 0 Å². The summed E-state index contributed by atoms with van der Waals surface area (Å²) >= 11 is 1.54. The zero-order valence-corrected chi connectivity index (χ0v) is 18.6. The molecular weight excluding hydrogens is 429 g/mol. The van der Waals surface area contributed by atoms with Gasteiger partial charge in [0.25, 0.3) is 5.91 Å². The third-order valence-electron chi connectivity index (χ3n) is 6.09. The van der Waals surface area contributed by atoms with Crippen LogP contribution in [-0.2, 0) is 4.74 Å². The van der Waals surface area contributed by atoms with Gasteiger partial charge in [-0.25, -0.2) is 9.37 Å². The topological polar surface area (TPSA) is 64.6 Å². The predicted octanol–water partition coefficient (Wildman–Crippen LogP) is 4.50. The number of carbonyl (C=O) groups excluding carboxylic acids is 1. The zero-order chi connectivity index (χ0) is 22.1. The van der Waals surface area contributed by atoms with Gasteiger partial charge in [0.05, 0.1) is 46.1 Å². The van der Waals surface area contributed by atoms with Gasteiger partial charge in [0.1, 0.15) is 17.7 Å². The fourth-order valence-corrected chi connectivity index (χ4v) is 5.33. The molecule has 5 rings (SSSR count). The smallest absolute Gasteiger partial charge is 0.255 e. The molecule has 0 saturated carbocycles. The fourth-order valence-electron chi connectivity index (χ4n) is 4.55. The van der Waals surface area contributed by atoms with Crippen molar-refractivity contribution in [2.24, 2.45) is 0 Å². The molecule has 6 nitrogen and oxygen atoms in total. The molecule has 3 aromatic rings. The van der Waals surface area contributed by atoms with Gasteiger partial charge in [0, 0.05) is 25.2 Å². The second-order valence-electron chi connectivity index (χ2n) is 8.42. The average Bonchev–Trinajstić information content (AvgIpc) is 3.39. The lowest BCUT2D eigenvalue weighted by atomic mass is 9.89. The predicted molar refractivity (Wildman–Crippen MR) is 119 cm³/mol. The fraction of sp³-hybridized carbons (Fsp3) is 0.375. The summed E-state index contributed by atoms with van der Waals surface area (Å²) in [5, 5.41) is 0. The molecule has 4 heterocycles. The Hall–Kier alpha value is -2.84. The highest BCUT2D eigenvalue weighted by Crippen LogP contribution is 2.37. The maximum atomic E-state index is 13.5. The monoisotopic (exact) mass is 453 g/mol. The maximum Gasteiger partial charge on any atom is 0.255 e. The number of aryl methyl sites for hydroxylation is 1. The lowest BCUT2D eigenvalue weighted by molar-refractivity contribution is -0.0453. The van der Waals surface area contributed by atoms with E-state index in [9.17, 15) is 9.18 Å². The van der Waals surface area contributed by atoms with Crippen LogP contribution in [0.5, 0.6) is 5.75 Å². The largest absolute Gasteiger partial charge is 0.488 e. The van der Waals surface area contributed by atoms with Crippen LogP contribution in [0, 0.1) is 12.7 Å². The Morgan fingerprint density at radius 3 is 2.97 bits per heavy atom. The van der Waals surface area contributed by atoms with Crippen LogP contribution >= 0.6 is 11.3 Å². The van der Waals surface area contributed by atoms with Crippen LogP contribution in [0.15, 0.2) is 48.1 Å². The van der Waals surface area contributed by atoms with Gasteiger partial charge >= 0.3 is 0 Å². The standard InChI is InChI=1S/C24H24FN3O3S/c1-16-22(32-15-27-16)21-7-6-17(12-26-21)23(29)28-9-3-8-24(14-28)11-20(13-30-24)31-19-5-2-4-18(25)10-19/h2,4-7,10,12,15,20H,3,8-9,11,13-14H2,1H3/t20-,24-/m1/s1. The summed E-state index contributed by atoms with van der Waals surface area (Å²) in [4.78, 5) is 24.8. The van der Waals surface area contributed by atoms with E-state index in [0.717, 1.165) is 29.1 Å². The number of aromatic nitrogens is 2. The first-order valence-corrected chi connectivity index (χ1v) is 11.6. The number of hydrogen-bond acceptors (Lipinski definition) is 6. The lowest BCUT2D eigenvalue weighted by Gasteiger charge is -2.39. The highest BCUT2D eigenvalue weighted by molar-refractivity contribution is 7.13. The summed E-state index contributed by atoms with van der Waals surface area (Å²) in [5.74, 6) is 0.139. The zero-order valence-electron chi connectivity index (χ0n) is 17.8. The van der Waals surface area contributed by atoms with Crippen LogP contribution in [-0.4, -0.2) is 52.2 Å². The highest BCUT2D eigenvalue weighted by atomic mass is 32.1. The Morgan fingerprint density at radius 1 is 1.31 bits per heavy atom. The molecular formula is C24H24FN3O3S. The Morgan fingerprint density at radius 2 is 2.22 bits per heavy atom. The second-order valence-corrected chi connectivity index (χ2v) is 9.28. The van der Waals surface area contributed by atoms with E-state index in [1.165, 1.54) is 12.1 Å². The van der Waals surface area contributed by atoms with Crippen molar-refractivity contribution in [3.8, 4) is 16.3 Å². The number of rotatable bonds is 4. The number of ether oxygens (including phenoxy) is 2. The number of nitrogens with zero attached hydrogens (tertiary/aromatic N) is 3. The van der Waals surface area contributed by atoms with Gasteiger partial charge in [0.2, 0.25) is 0 Å². The first kappa shape index (κ1) is 21.0. The van der Waals surface area contributed by atoms with Crippen molar-refractivity contribution in [3.63, 3.8) is 0 Å². The van der Waals surface area contributed by atoms with Gasteiger partial charge < -0.3 is 14.4 Å². The van der Waals surface area contributed by atoms with Crippen LogP contribution in [0.3, 0.4) is 0 Å². The molecule has 2 aliphatic rings. The molecule has 2 aliphatic heterocycles. The van der Waals surface area contributed by atoms with Crippen molar-refractivity contribution >= 4 is 17.2 Å². The molecule has 0 radical (unpaired) electrons. The minimum Gasteiger partial charge on any atom is -0.488 e. The Kier molecular flexibility index (Phi) is 5.65. The van der Waals surface area contributed by atoms with Crippen LogP contribution in [0.25, 0.3) is 10.6 Å². The van der Waals surface area contributed by atoms with Crippen molar-refractivity contribution in [3.05, 3.63) is 65.2 Å². The summed E-state index contributed by atoms with van der Waals surface area (Å²) in [5.41, 5.74) is 3.71. The molecule has 8 heteroatoms. The van der Waals surface area contributed by atoms with E-state index < -0.39 is 5.60 Å². The number of thiazole rings is 1. The van der Waals surface area contributed by atoms with Gasteiger partial charge in [-0.1, -0.05) is 6.07 Å². The SMILES string of the molecule is Cc1ncsc1-c1ccc(C(=O)N2CCC[C@@]3(C[C@@H](Oc4cccc(F)c4)CO3)C2)cn1. The molecule has 1 aromatic carbocycles. The summed E-state index contributed by atoms with van der Waals surface area (Å²) < 4.78 is 25.6. The summed E-state index contributed by atoms with van der Waals surface area (Å²) in [6, 6.07) is 9.86. The molecule has 1 spiro atoms. The van der Waals surface area contributed by atoms with Crippen molar-refractivity contribution < 1.29 is 18.7 Å². The summed E-state index contributed by atoms with van der Waals surface area (Å²) in [6.45, 7) is 3.59. The molecule has 0 aliphatic carbocycles. The number of benzene rings is 1. The minimum atomic E-state index is -0.418. The van der Waals surface area contributed by atoms with E-state index in [1.54, 1.807) is 35.2 Å². The van der Waals surface area contributed by atoms with E-state index in [2.05, 4.69) is 9.97 Å². The van der Waals surface area contributed by atoms with Crippen LogP contribution in [0.1, 0.15) is 35.3 Å². The minimum absolute atomic E-state index is 0.0396. The number of piperidine rings is 1. The molecule has 0 N–H and O–H groups in total. The molecule has 166 valence electrons. The molecule has 2 saturated heterocycles. The first-order chi connectivity index (χ1) is 15.5. The Bertz CT molecular complexity index is 1120. The van der Waals surface area contributed by atoms with Crippen molar-refractivity contribution in [1.82, 2.24) is 14.9 Å². The van der Waals surface area contributed by atoms with E-state index in [-0.39, 0.29) is 17.8 Å².